The van der Waals surface area contributed by atoms with Gasteiger partial charge in [0.2, 0.25) is 11.8 Å². The van der Waals surface area contributed by atoms with Crippen molar-refractivity contribution in [1.29, 1.82) is 0 Å². The minimum absolute atomic E-state index is 0.0276. The lowest BCUT2D eigenvalue weighted by atomic mass is 10.1. The Morgan fingerprint density at radius 2 is 1.91 bits per heavy atom. The molecule has 0 aliphatic carbocycles. The first kappa shape index (κ1) is 22.0. The van der Waals surface area contributed by atoms with E-state index < -0.39 is 0 Å². The minimum Gasteiger partial charge on any atom is -0.497 e. The molecule has 0 saturated carbocycles. The van der Waals surface area contributed by atoms with Crippen molar-refractivity contribution < 1.29 is 19.1 Å². The molecule has 0 fully saturated rings. The highest BCUT2D eigenvalue weighted by atomic mass is 16.5. The average Bonchev–Trinajstić information content (AvgIpc) is 2.97. The molecule has 3 aromatic rings. The zero-order valence-electron chi connectivity index (χ0n) is 18.4. The van der Waals surface area contributed by atoms with Crippen LogP contribution in [0.2, 0.25) is 0 Å². The summed E-state index contributed by atoms with van der Waals surface area (Å²) in [7, 11) is 1.59. The lowest BCUT2D eigenvalue weighted by Crippen LogP contribution is -2.38. The second kappa shape index (κ2) is 9.95. The third-order valence-electron chi connectivity index (χ3n) is 5.05. The molecular weight excluding hydrogens is 420 g/mol. The van der Waals surface area contributed by atoms with Gasteiger partial charge in [-0.05, 0) is 55.5 Å². The summed E-state index contributed by atoms with van der Waals surface area (Å²) in [4.78, 5) is 36.4. The van der Waals surface area contributed by atoms with Crippen molar-refractivity contribution in [2.45, 2.75) is 13.3 Å². The van der Waals surface area contributed by atoms with Crippen molar-refractivity contribution in [2.75, 3.05) is 30.5 Å². The van der Waals surface area contributed by atoms with Gasteiger partial charge in [0.05, 0.1) is 25.8 Å². The standard InChI is InChI=1S/C25H24N4O4/c1-3-33-19-11-9-18(10-12-19)27-23(30)16-29-24(31)15-22(17-6-4-7-20(14-17)32-2)28-21-8-5-13-26-25(21)29/h4-14H,3,15-16H2,1-2H3,(H,27,30). The van der Waals surface area contributed by atoms with Crippen LogP contribution in [0.5, 0.6) is 11.5 Å². The van der Waals surface area contributed by atoms with Gasteiger partial charge in [-0.3, -0.25) is 14.5 Å². The molecule has 0 spiro atoms. The second-order valence-corrected chi connectivity index (χ2v) is 7.30. The zero-order chi connectivity index (χ0) is 23.2. The second-order valence-electron chi connectivity index (χ2n) is 7.30. The largest absolute Gasteiger partial charge is 0.497 e. The fourth-order valence-corrected chi connectivity index (χ4v) is 3.50. The van der Waals surface area contributed by atoms with Gasteiger partial charge in [-0.1, -0.05) is 12.1 Å². The molecule has 8 heteroatoms. The Bertz CT molecular complexity index is 1190. The van der Waals surface area contributed by atoms with Crippen LogP contribution in [0.15, 0.2) is 71.9 Å². The summed E-state index contributed by atoms with van der Waals surface area (Å²) < 4.78 is 10.7. The van der Waals surface area contributed by atoms with Gasteiger partial charge in [-0.15, -0.1) is 0 Å². The maximum absolute atomic E-state index is 13.2. The molecule has 1 aromatic heterocycles. The van der Waals surface area contributed by atoms with Crippen molar-refractivity contribution in [3.63, 3.8) is 0 Å². The molecule has 2 aromatic carbocycles. The van der Waals surface area contributed by atoms with Gasteiger partial charge in [0.1, 0.15) is 23.7 Å². The number of carbonyl (C=O) groups excluding carboxylic acids is 2. The molecule has 0 atom stereocenters. The number of hydrogen-bond acceptors (Lipinski definition) is 6. The van der Waals surface area contributed by atoms with Gasteiger partial charge in [0.25, 0.3) is 0 Å². The molecule has 0 radical (unpaired) electrons. The molecule has 33 heavy (non-hydrogen) atoms. The van der Waals surface area contributed by atoms with E-state index in [9.17, 15) is 9.59 Å². The molecule has 0 unspecified atom stereocenters. The number of amides is 2. The first-order valence-corrected chi connectivity index (χ1v) is 10.6. The number of nitrogens with zero attached hydrogens (tertiary/aromatic N) is 3. The van der Waals surface area contributed by atoms with Crippen molar-refractivity contribution in [1.82, 2.24) is 4.98 Å². The Balaban J connectivity index is 1.55. The van der Waals surface area contributed by atoms with Crippen LogP contribution in [-0.4, -0.2) is 42.8 Å². The number of benzene rings is 2. The molecule has 0 saturated heterocycles. The highest BCUT2D eigenvalue weighted by Gasteiger charge is 2.28. The lowest BCUT2D eigenvalue weighted by Gasteiger charge is -2.20. The number of carbonyl (C=O) groups is 2. The Hall–Kier alpha value is -4.20. The summed E-state index contributed by atoms with van der Waals surface area (Å²) in [5, 5.41) is 2.82. The van der Waals surface area contributed by atoms with Gasteiger partial charge < -0.3 is 14.8 Å². The highest BCUT2D eigenvalue weighted by Crippen LogP contribution is 2.31. The van der Waals surface area contributed by atoms with Crippen molar-refractivity contribution in [2.24, 2.45) is 4.99 Å². The average molecular weight is 444 g/mol. The molecule has 4 rings (SSSR count). The maximum atomic E-state index is 13.2. The van der Waals surface area contributed by atoms with E-state index in [1.807, 2.05) is 31.2 Å². The monoisotopic (exact) mass is 444 g/mol. The predicted molar refractivity (Wildman–Crippen MR) is 127 cm³/mol. The van der Waals surface area contributed by atoms with Crippen LogP contribution in [0.4, 0.5) is 17.2 Å². The number of ether oxygens (including phenoxy) is 2. The number of hydrogen-bond donors (Lipinski definition) is 1. The summed E-state index contributed by atoms with van der Waals surface area (Å²) in [6.07, 6.45) is 1.61. The van der Waals surface area contributed by atoms with Crippen LogP contribution in [-0.2, 0) is 9.59 Å². The van der Waals surface area contributed by atoms with E-state index in [-0.39, 0.29) is 24.8 Å². The molecule has 2 amide bonds. The molecule has 1 aliphatic rings. The number of aromatic nitrogens is 1. The third-order valence-corrected chi connectivity index (χ3v) is 5.05. The van der Waals surface area contributed by atoms with Gasteiger partial charge in [-0.2, -0.15) is 0 Å². The minimum atomic E-state index is -0.339. The topological polar surface area (TPSA) is 93.1 Å². The van der Waals surface area contributed by atoms with Crippen LogP contribution in [0.25, 0.3) is 0 Å². The van der Waals surface area contributed by atoms with Crippen LogP contribution in [0, 0.1) is 0 Å². The van der Waals surface area contributed by atoms with E-state index in [1.165, 1.54) is 4.90 Å². The summed E-state index contributed by atoms with van der Waals surface area (Å²) in [5.41, 5.74) is 2.50. The summed E-state index contributed by atoms with van der Waals surface area (Å²) in [6, 6.07) is 18.0. The smallest absolute Gasteiger partial charge is 0.244 e. The third kappa shape index (κ3) is 5.17. The first-order chi connectivity index (χ1) is 16.1. The lowest BCUT2D eigenvalue weighted by molar-refractivity contribution is -0.120. The van der Waals surface area contributed by atoms with Gasteiger partial charge in [0, 0.05) is 17.4 Å². The Morgan fingerprint density at radius 3 is 2.67 bits per heavy atom. The van der Waals surface area contributed by atoms with E-state index in [4.69, 9.17) is 14.5 Å². The molecular formula is C25H24N4O4. The van der Waals surface area contributed by atoms with Crippen molar-refractivity contribution in [3.05, 3.63) is 72.4 Å². The van der Waals surface area contributed by atoms with E-state index >= 15 is 0 Å². The van der Waals surface area contributed by atoms with Crippen LogP contribution in [0.1, 0.15) is 18.9 Å². The summed E-state index contributed by atoms with van der Waals surface area (Å²) >= 11 is 0. The van der Waals surface area contributed by atoms with E-state index in [2.05, 4.69) is 10.3 Å². The zero-order valence-corrected chi connectivity index (χ0v) is 18.4. The SMILES string of the molecule is CCOc1ccc(NC(=O)CN2C(=O)CC(c3cccc(OC)c3)=Nc3cccnc32)cc1. The first-order valence-electron chi connectivity index (χ1n) is 10.6. The fraction of sp³-hybridized carbons (Fsp3) is 0.200. The normalized spacial score (nSPS) is 13.0. The summed E-state index contributed by atoms with van der Waals surface area (Å²) in [6.45, 7) is 2.29. The Morgan fingerprint density at radius 1 is 1.09 bits per heavy atom. The number of rotatable bonds is 7. The molecule has 2 heterocycles. The van der Waals surface area contributed by atoms with Crippen LogP contribution in [0.3, 0.4) is 0 Å². The Kier molecular flexibility index (Phi) is 6.64. The quantitative estimate of drug-likeness (QED) is 0.595. The number of nitrogens with one attached hydrogen (secondary N) is 1. The highest BCUT2D eigenvalue weighted by molar-refractivity contribution is 6.18. The van der Waals surface area contributed by atoms with Gasteiger partial charge in [0.15, 0.2) is 5.82 Å². The number of aliphatic imine (C=N–C) groups is 1. The van der Waals surface area contributed by atoms with Crippen LogP contribution < -0.4 is 19.7 Å². The van der Waals surface area contributed by atoms with E-state index in [1.54, 1.807) is 49.7 Å². The predicted octanol–water partition coefficient (Wildman–Crippen LogP) is 3.99. The van der Waals surface area contributed by atoms with Crippen LogP contribution >= 0.6 is 0 Å². The van der Waals surface area contributed by atoms with Gasteiger partial charge in [-0.25, -0.2) is 9.98 Å². The number of methoxy groups -OCH3 is 1. The van der Waals surface area contributed by atoms with E-state index in [0.717, 1.165) is 11.3 Å². The number of anilines is 2. The number of pyridine rings is 1. The molecule has 0 bridgehead atoms. The van der Waals surface area contributed by atoms with Crippen molar-refractivity contribution in [3.8, 4) is 11.5 Å². The Labute approximate surface area is 191 Å². The number of fused-ring (bicyclic) bond motifs is 1. The van der Waals surface area contributed by atoms with E-state index in [0.29, 0.717) is 35.3 Å². The summed E-state index contributed by atoms with van der Waals surface area (Å²) in [5.74, 6) is 1.13. The maximum Gasteiger partial charge on any atom is 0.244 e. The molecule has 8 nitrogen and oxygen atoms in total. The molecule has 168 valence electrons. The van der Waals surface area contributed by atoms with Crippen molar-refractivity contribution >= 4 is 34.7 Å². The van der Waals surface area contributed by atoms with Gasteiger partial charge >= 0.3 is 0 Å². The molecule has 1 aliphatic heterocycles. The fourth-order valence-electron chi connectivity index (χ4n) is 3.50. The molecule has 1 N–H and O–H groups in total.